The smallest absolute Gasteiger partial charge is 0.138 e. The summed E-state index contributed by atoms with van der Waals surface area (Å²) in [6.07, 6.45) is 8.08. The molecule has 0 aliphatic rings. The minimum Gasteiger partial charge on any atom is -0.492 e. The Kier molecular flexibility index (Phi) is 4.25. The molecule has 18 heavy (non-hydrogen) atoms. The van der Waals surface area contributed by atoms with Gasteiger partial charge in [0.2, 0.25) is 0 Å². The maximum Gasteiger partial charge on any atom is 0.138 e. The molecule has 2 aromatic rings. The molecule has 2 aromatic heterocycles. The Labute approximate surface area is 107 Å². The molecule has 0 saturated heterocycles. The molecule has 0 bridgehead atoms. The van der Waals surface area contributed by atoms with Gasteiger partial charge >= 0.3 is 0 Å². The second-order valence-corrected chi connectivity index (χ2v) is 4.04. The zero-order chi connectivity index (χ0) is 12.8. The summed E-state index contributed by atoms with van der Waals surface area (Å²) >= 11 is 0. The number of pyridine rings is 2. The highest BCUT2D eigenvalue weighted by Crippen LogP contribution is 2.22. The third kappa shape index (κ3) is 3.05. The SMILES string of the molecule is CCCOc1cncc(-c2cncc(CN)c2)c1. The van der Waals surface area contributed by atoms with Gasteiger partial charge in [-0.2, -0.15) is 0 Å². The molecule has 0 aliphatic heterocycles. The lowest BCUT2D eigenvalue weighted by Gasteiger charge is -2.07. The summed E-state index contributed by atoms with van der Waals surface area (Å²) in [4.78, 5) is 8.36. The second-order valence-electron chi connectivity index (χ2n) is 4.04. The van der Waals surface area contributed by atoms with E-state index in [0.29, 0.717) is 13.2 Å². The summed E-state index contributed by atoms with van der Waals surface area (Å²) in [5, 5.41) is 0. The predicted octanol–water partition coefficient (Wildman–Crippen LogP) is 2.39. The Morgan fingerprint density at radius 1 is 1.06 bits per heavy atom. The first-order chi connectivity index (χ1) is 8.83. The van der Waals surface area contributed by atoms with Crippen molar-refractivity contribution in [3.8, 4) is 16.9 Å². The number of aromatic nitrogens is 2. The Bertz CT molecular complexity index is 514. The van der Waals surface area contributed by atoms with Crippen molar-refractivity contribution < 1.29 is 4.74 Å². The van der Waals surface area contributed by atoms with Crippen LogP contribution in [0.1, 0.15) is 18.9 Å². The highest BCUT2D eigenvalue weighted by molar-refractivity contribution is 5.63. The van der Waals surface area contributed by atoms with E-state index in [1.165, 1.54) is 0 Å². The number of nitrogens with zero attached hydrogens (tertiary/aromatic N) is 2. The normalized spacial score (nSPS) is 10.3. The van der Waals surface area contributed by atoms with Crippen molar-refractivity contribution in [2.24, 2.45) is 5.73 Å². The maximum atomic E-state index is 5.61. The van der Waals surface area contributed by atoms with Crippen LogP contribution in [0.2, 0.25) is 0 Å². The Morgan fingerprint density at radius 2 is 1.78 bits per heavy atom. The number of hydrogen-bond donors (Lipinski definition) is 1. The van der Waals surface area contributed by atoms with Crippen LogP contribution in [0.4, 0.5) is 0 Å². The van der Waals surface area contributed by atoms with Crippen LogP contribution in [0.5, 0.6) is 5.75 Å². The summed E-state index contributed by atoms with van der Waals surface area (Å²) in [5.74, 6) is 0.785. The summed E-state index contributed by atoms with van der Waals surface area (Å²) in [6, 6.07) is 3.99. The molecule has 0 unspecified atom stereocenters. The quantitative estimate of drug-likeness (QED) is 0.876. The molecule has 0 aromatic carbocycles. The number of nitrogens with two attached hydrogens (primary N) is 1. The van der Waals surface area contributed by atoms with Crippen molar-refractivity contribution in [3.05, 3.63) is 42.5 Å². The minimum absolute atomic E-state index is 0.486. The van der Waals surface area contributed by atoms with Gasteiger partial charge in [0.25, 0.3) is 0 Å². The molecule has 0 fully saturated rings. The van der Waals surface area contributed by atoms with Crippen LogP contribution in [0.25, 0.3) is 11.1 Å². The van der Waals surface area contributed by atoms with Crippen molar-refractivity contribution in [1.82, 2.24) is 9.97 Å². The lowest BCUT2D eigenvalue weighted by atomic mass is 10.1. The molecule has 2 heterocycles. The summed E-state index contributed by atoms with van der Waals surface area (Å²) in [6.45, 7) is 3.26. The molecule has 2 N–H and O–H groups in total. The number of rotatable bonds is 5. The van der Waals surface area contributed by atoms with Crippen LogP contribution in [-0.2, 0) is 6.54 Å². The van der Waals surface area contributed by atoms with Gasteiger partial charge in [0, 0.05) is 36.3 Å². The molecular formula is C14H17N3O. The minimum atomic E-state index is 0.486. The van der Waals surface area contributed by atoms with E-state index in [2.05, 4.69) is 16.9 Å². The fourth-order valence-electron chi connectivity index (χ4n) is 1.63. The topological polar surface area (TPSA) is 61.0 Å². The van der Waals surface area contributed by atoms with E-state index in [1.54, 1.807) is 24.8 Å². The molecule has 0 spiro atoms. The number of ether oxygens (including phenoxy) is 1. The maximum absolute atomic E-state index is 5.61. The highest BCUT2D eigenvalue weighted by atomic mass is 16.5. The average molecular weight is 243 g/mol. The fourth-order valence-corrected chi connectivity index (χ4v) is 1.63. The summed E-state index contributed by atoms with van der Waals surface area (Å²) in [5.41, 5.74) is 8.62. The first kappa shape index (κ1) is 12.5. The highest BCUT2D eigenvalue weighted by Gasteiger charge is 2.02. The van der Waals surface area contributed by atoms with Gasteiger partial charge in [0.15, 0.2) is 0 Å². The van der Waals surface area contributed by atoms with Crippen molar-refractivity contribution in [3.63, 3.8) is 0 Å². The van der Waals surface area contributed by atoms with Crippen molar-refractivity contribution in [2.45, 2.75) is 19.9 Å². The van der Waals surface area contributed by atoms with E-state index in [4.69, 9.17) is 10.5 Å². The largest absolute Gasteiger partial charge is 0.492 e. The third-order valence-corrected chi connectivity index (χ3v) is 2.55. The second kappa shape index (κ2) is 6.12. The van der Waals surface area contributed by atoms with E-state index in [9.17, 15) is 0 Å². The lowest BCUT2D eigenvalue weighted by Crippen LogP contribution is -1.98. The fraction of sp³-hybridized carbons (Fsp3) is 0.286. The van der Waals surface area contributed by atoms with E-state index < -0.39 is 0 Å². The van der Waals surface area contributed by atoms with Gasteiger partial charge in [-0.15, -0.1) is 0 Å². The van der Waals surface area contributed by atoms with Gasteiger partial charge in [-0.05, 0) is 24.1 Å². The predicted molar refractivity (Wildman–Crippen MR) is 71.1 cm³/mol. The Morgan fingerprint density at radius 3 is 2.50 bits per heavy atom. The van der Waals surface area contributed by atoms with Gasteiger partial charge in [0.05, 0.1) is 12.8 Å². The van der Waals surface area contributed by atoms with Crippen LogP contribution in [0, 0.1) is 0 Å². The first-order valence-corrected chi connectivity index (χ1v) is 6.05. The van der Waals surface area contributed by atoms with E-state index in [1.807, 2.05) is 12.1 Å². The first-order valence-electron chi connectivity index (χ1n) is 6.05. The van der Waals surface area contributed by atoms with Crippen LogP contribution in [-0.4, -0.2) is 16.6 Å². The van der Waals surface area contributed by atoms with Gasteiger partial charge in [0.1, 0.15) is 5.75 Å². The molecule has 2 rings (SSSR count). The van der Waals surface area contributed by atoms with Crippen LogP contribution < -0.4 is 10.5 Å². The monoisotopic (exact) mass is 243 g/mol. The molecular weight excluding hydrogens is 226 g/mol. The summed E-state index contributed by atoms with van der Waals surface area (Å²) < 4.78 is 5.57. The third-order valence-electron chi connectivity index (χ3n) is 2.55. The zero-order valence-corrected chi connectivity index (χ0v) is 10.5. The van der Waals surface area contributed by atoms with E-state index in [0.717, 1.165) is 28.9 Å². The molecule has 4 heteroatoms. The molecule has 4 nitrogen and oxygen atoms in total. The molecule has 94 valence electrons. The zero-order valence-electron chi connectivity index (χ0n) is 10.5. The van der Waals surface area contributed by atoms with Gasteiger partial charge < -0.3 is 10.5 Å². The van der Waals surface area contributed by atoms with Crippen molar-refractivity contribution in [1.29, 1.82) is 0 Å². The van der Waals surface area contributed by atoms with Crippen LogP contribution >= 0.6 is 0 Å². The van der Waals surface area contributed by atoms with Gasteiger partial charge in [-0.3, -0.25) is 9.97 Å². The van der Waals surface area contributed by atoms with Crippen LogP contribution in [0.3, 0.4) is 0 Å². The standard InChI is InChI=1S/C14H17N3O/c1-2-3-18-14-5-13(9-17-10-14)12-4-11(6-15)7-16-8-12/h4-5,7-10H,2-3,6,15H2,1H3. The lowest BCUT2D eigenvalue weighted by molar-refractivity contribution is 0.316. The van der Waals surface area contributed by atoms with Crippen LogP contribution in [0.15, 0.2) is 36.9 Å². The Balaban J connectivity index is 2.26. The van der Waals surface area contributed by atoms with Gasteiger partial charge in [-0.1, -0.05) is 6.92 Å². The van der Waals surface area contributed by atoms with E-state index in [-0.39, 0.29) is 0 Å². The van der Waals surface area contributed by atoms with Gasteiger partial charge in [-0.25, -0.2) is 0 Å². The molecule has 0 amide bonds. The molecule has 0 radical (unpaired) electrons. The summed E-state index contributed by atoms with van der Waals surface area (Å²) in [7, 11) is 0. The molecule has 0 atom stereocenters. The van der Waals surface area contributed by atoms with Crippen molar-refractivity contribution in [2.75, 3.05) is 6.61 Å². The molecule has 0 aliphatic carbocycles. The van der Waals surface area contributed by atoms with E-state index >= 15 is 0 Å². The average Bonchev–Trinajstić information content (AvgIpc) is 2.45. The molecule has 0 saturated carbocycles. The number of hydrogen-bond acceptors (Lipinski definition) is 4. The Hall–Kier alpha value is -1.94. The van der Waals surface area contributed by atoms with Crippen molar-refractivity contribution >= 4 is 0 Å².